The van der Waals surface area contributed by atoms with Crippen molar-refractivity contribution in [1.82, 2.24) is 15.1 Å². The van der Waals surface area contributed by atoms with Gasteiger partial charge in [0.25, 0.3) is 11.8 Å². The van der Waals surface area contributed by atoms with Gasteiger partial charge in [0, 0.05) is 32.0 Å². The molecule has 0 aromatic heterocycles. The molecule has 0 saturated heterocycles. The van der Waals surface area contributed by atoms with E-state index in [9.17, 15) is 19.2 Å². The zero-order valence-corrected chi connectivity index (χ0v) is 23.8. The summed E-state index contributed by atoms with van der Waals surface area (Å²) in [4.78, 5) is 55.9. The minimum Gasteiger partial charge on any atom is -0.497 e. The molecule has 0 bridgehead atoms. The van der Waals surface area contributed by atoms with Crippen molar-refractivity contribution in [2.24, 2.45) is 0 Å². The average molecular weight is 556 g/mol. The predicted molar refractivity (Wildman–Crippen MR) is 156 cm³/mol. The Morgan fingerprint density at radius 1 is 0.902 bits per heavy atom. The summed E-state index contributed by atoms with van der Waals surface area (Å²) in [5.74, 6) is -0.490. The fourth-order valence-corrected chi connectivity index (χ4v) is 4.94. The Morgan fingerprint density at radius 3 is 2.17 bits per heavy atom. The van der Waals surface area contributed by atoms with Crippen molar-refractivity contribution >= 4 is 23.6 Å². The molecular weight excluding hydrogens is 518 g/mol. The summed E-state index contributed by atoms with van der Waals surface area (Å²) in [5, 5.41) is 3.06. The molecule has 2 atom stereocenters. The third-order valence-electron chi connectivity index (χ3n) is 7.41. The van der Waals surface area contributed by atoms with Crippen molar-refractivity contribution in [2.45, 2.75) is 58.2 Å². The van der Waals surface area contributed by atoms with Gasteiger partial charge in [-0.1, -0.05) is 61.5 Å². The first-order chi connectivity index (χ1) is 19.8. The van der Waals surface area contributed by atoms with Crippen LogP contribution in [0.3, 0.4) is 0 Å². The number of methoxy groups -OCH3 is 1. The van der Waals surface area contributed by atoms with Crippen molar-refractivity contribution in [3.8, 4) is 5.75 Å². The van der Waals surface area contributed by atoms with Gasteiger partial charge in [0.05, 0.1) is 18.2 Å². The van der Waals surface area contributed by atoms with Crippen LogP contribution >= 0.6 is 0 Å². The number of nitrogens with one attached hydrogen (secondary N) is 1. The Morgan fingerprint density at radius 2 is 1.54 bits per heavy atom. The highest BCUT2D eigenvalue weighted by atomic mass is 16.5. The summed E-state index contributed by atoms with van der Waals surface area (Å²) in [6.45, 7) is 4.26. The second-order valence-electron chi connectivity index (χ2n) is 10.3. The number of benzene rings is 3. The highest BCUT2D eigenvalue weighted by molar-refractivity contribution is 6.21. The molecule has 3 aromatic carbocycles. The third-order valence-corrected chi connectivity index (χ3v) is 7.41. The Bertz CT molecular complexity index is 1360. The third kappa shape index (κ3) is 7.20. The lowest BCUT2D eigenvalue weighted by atomic mass is 10.0. The van der Waals surface area contributed by atoms with Gasteiger partial charge >= 0.3 is 0 Å². The molecule has 214 valence electrons. The molecule has 1 heterocycles. The molecule has 4 amide bonds. The maximum absolute atomic E-state index is 13.9. The van der Waals surface area contributed by atoms with E-state index in [2.05, 4.69) is 5.32 Å². The molecule has 1 N–H and O–H groups in total. The highest BCUT2D eigenvalue weighted by Gasteiger charge is 2.35. The van der Waals surface area contributed by atoms with Crippen LogP contribution in [0.15, 0.2) is 78.9 Å². The van der Waals surface area contributed by atoms with Crippen LogP contribution in [0, 0.1) is 0 Å². The fourth-order valence-electron chi connectivity index (χ4n) is 4.94. The van der Waals surface area contributed by atoms with Gasteiger partial charge in [-0.15, -0.1) is 0 Å². The second-order valence-corrected chi connectivity index (χ2v) is 10.3. The standard InChI is InChI=1S/C33H37N3O5/c1-4-23(2)34-31(38)29(21-24-12-6-5-7-13-24)36(22-25-14-10-15-26(20-25)41-3)30(37)18-11-19-35-32(39)27-16-8-9-17-28(27)33(35)40/h5-10,12-17,20,23,29H,4,11,18-19,21-22H2,1-3H3,(H,34,38)/t23-,29+/m1/s1. The maximum Gasteiger partial charge on any atom is 0.261 e. The Hall–Kier alpha value is -4.46. The molecule has 8 heteroatoms. The van der Waals surface area contributed by atoms with Gasteiger partial charge in [0.1, 0.15) is 11.8 Å². The quantitative estimate of drug-likeness (QED) is 0.311. The summed E-state index contributed by atoms with van der Waals surface area (Å²) in [6.07, 6.45) is 1.45. The van der Waals surface area contributed by atoms with E-state index in [4.69, 9.17) is 4.74 Å². The largest absolute Gasteiger partial charge is 0.497 e. The molecule has 4 rings (SSSR count). The Balaban J connectivity index is 1.56. The highest BCUT2D eigenvalue weighted by Crippen LogP contribution is 2.24. The molecular formula is C33H37N3O5. The molecule has 0 unspecified atom stereocenters. The number of carbonyl (C=O) groups is 4. The first kappa shape index (κ1) is 29.5. The van der Waals surface area contributed by atoms with Crippen LogP contribution < -0.4 is 10.1 Å². The smallest absolute Gasteiger partial charge is 0.261 e. The van der Waals surface area contributed by atoms with E-state index in [0.717, 1.165) is 17.5 Å². The van der Waals surface area contributed by atoms with Crippen molar-refractivity contribution in [3.05, 3.63) is 101 Å². The van der Waals surface area contributed by atoms with Crippen molar-refractivity contribution in [2.75, 3.05) is 13.7 Å². The first-order valence-electron chi connectivity index (χ1n) is 14.0. The zero-order chi connectivity index (χ0) is 29.4. The monoisotopic (exact) mass is 555 g/mol. The summed E-state index contributed by atoms with van der Waals surface area (Å²) in [5.41, 5.74) is 2.53. The zero-order valence-electron chi connectivity index (χ0n) is 23.8. The van der Waals surface area contributed by atoms with Gasteiger partial charge in [0.15, 0.2) is 0 Å². The van der Waals surface area contributed by atoms with E-state index in [1.807, 2.05) is 68.4 Å². The second kappa shape index (κ2) is 13.7. The van der Waals surface area contributed by atoms with Crippen molar-refractivity contribution < 1.29 is 23.9 Å². The number of amides is 4. The molecule has 3 aromatic rings. The van der Waals surface area contributed by atoms with Crippen molar-refractivity contribution in [3.63, 3.8) is 0 Å². The number of fused-ring (bicyclic) bond motifs is 1. The molecule has 8 nitrogen and oxygen atoms in total. The molecule has 0 radical (unpaired) electrons. The normalized spacial score (nSPS) is 13.9. The first-order valence-corrected chi connectivity index (χ1v) is 14.0. The van der Waals surface area contributed by atoms with Gasteiger partial charge < -0.3 is 15.0 Å². The number of rotatable bonds is 13. The summed E-state index contributed by atoms with van der Waals surface area (Å²) in [6, 6.07) is 23.0. The number of nitrogens with zero attached hydrogens (tertiary/aromatic N) is 2. The van der Waals surface area contributed by atoms with Crippen molar-refractivity contribution in [1.29, 1.82) is 0 Å². The lowest BCUT2D eigenvalue weighted by Gasteiger charge is -2.32. The topological polar surface area (TPSA) is 96.0 Å². The van der Waals surface area contributed by atoms with E-state index in [0.29, 0.717) is 23.3 Å². The summed E-state index contributed by atoms with van der Waals surface area (Å²) >= 11 is 0. The van der Waals surface area contributed by atoms with Crippen LogP contribution in [-0.4, -0.2) is 59.2 Å². The van der Waals surface area contributed by atoms with Crippen LogP contribution in [0.25, 0.3) is 0 Å². The lowest BCUT2D eigenvalue weighted by Crippen LogP contribution is -2.52. The molecule has 1 aliphatic heterocycles. The molecule has 0 fully saturated rings. The van der Waals surface area contributed by atoms with Crippen LogP contribution in [0.1, 0.15) is 65.0 Å². The van der Waals surface area contributed by atoms with Gasteiger partial charge in [-0.3, -0.25) is 24.1 Å². The van der Waals surface area contributed by atoms with Gasteiger partial charge in [-0.05, 0) is 55.2 Å². The lowest BCUT2D eigenvalue weighted by molar-refractivity contribution is -0.141. The van der Waals surface area contributed by atoms with E-state index in [1.165, 1.54) is 4.90 Å². The van der Waals surface area contributed by atoms with E-state index < -0.39 is 6.04 Å². The molecule has 1 aliphatic rings. The van der Waals surface area contributed by atoms with Crippen LogP contribution in [0.2, 0.25) is 0 Å². The Labute approximate surface area is 241 Å². The van der Waals surface area contributed by atoms with Gasteiger partial charge in [-0.2, -0.15) is 0 Å². The number of carbonyl (C=O) groups excluding carboxylic acids is 4. The van der Waals surface area contributed by atoms with Crippen LogP contribution in [0.5, 0.6) is 5.75 Å². The number of ether oxygens (including phenoxy) is 1. The van der Waals surface area contributed by atoms with Crippen LogP contribution in [0.4, 0.5) is 0 Å². The molecule has 0 saturated carbocycles. The maximum atomic E-state index is 13.9. The Kier molecular flexibility index (Phi) is 9.90. The minimum absolute atomic E-state index is 0.0524. The molecule has 0 aliphatic carbocycles. The SMILES string of the molecule is CC[C@@H](C)NC(=O)[C@H](Cc1ccccc1)N(Cc1cccc(OC)c1)C(=O)CCCN1C(=O)c2ccccc2C1=O. The average Bonchev–Trinajstić information content (AvgIpc) is 3.24. The van der Waals surface area contributed by atoms with E-state index >= 15 is 0 Å². The molecule has 0 spiro atoms. The fraction of sp³-hybridized carbons (Fsp3) is 0.333. The van der Waals surface area contributed by atoms with Gasteiger partial charge in [0.2, 0.25) is 11.8 Å². The predicted octanol–water partition coefficient (Wildman–Crippen LogP) is 4.63. The number of hydrogen-bond donors (Lipinski definition) is 1. The van der Waals surface area contributed by atoms with Crippen LogP contribution in [-0.2, 0) is 22.6 Å². The number of imide groups is 1. The summed E-state index contributed by atoms with van der Waals surface area (Å²) < 4.78 is 5.38. The molecule has 41 heavy (non-hydrogen) atoms. The van der Waals surface area contributed by atoms with E-state index in [1.54, 1.807) is 36.3 Å². The van der Waals surface area contributed by atoms with E-state index in [-0.39, 0.29) is 55.6 Å². The summed E-state index contributed by atoms with van der Waals surface area (Å²) in [7, 11) is 1.58. The number of hydrogen-bond acceptors (Lipinski definition) is 5. The van der Waals surface area contributed by atoms with Gasteiger partial charge in [-0.25, -0.2) is 0 Å². The minimum atomic E-state index is -0.760.